The normalized spacial score (nSPS) is 10.9. The third-order valence-corrected chi connectivity index (χ3v) is 5.09. The molecule has 154 valence electrons. The van der Waals surface area contributed by atoms with E-state index in [4.69, 9.17) is 10.00 Å². The number of aromatic nitrogens is 2. The largest absolute Gasteiger partial charge is 0.497 e. The number of hydrogen-bond donors (Lipinski definition) is 0. The summed E-state index contributed by atoms with van der Waals surface area (Å²) in [5.41, 5.74) is 4.97. The predicted octanol–water partition coefficient (Wildman–Crippen LogP) is 4.15. The Labute approximate surface area is 180 Å². The summed E-state index contributed by atoms with van der Waals surface area (Å²) in [6.07, 6.45) is 6.43. The van der Waals surface area contributed by atoms with Crippen LogP contribution >= 0.6 is 0 Å². The maximum Gasteiger partial charge on any atom is 0.218 e. The van der Waals surface area contributed by atoms with Crippen LogP contribution in [0.5, 0.6) is 5.75 Å². The lowest BCUT2D eigenvalue weighted by Crippen LogP contribution is -2.43. The van der Waals surface area contributed by atoms with E-state index in [0.29, 0.717) is 6.71 Å². The Bertz CT molecular complexity index is 990. The molecule has 30 heavy (non-hydrogen) atoms. The van der Waals surface area contributed by atoms with E-state index in [1.54, 1.807) is 19.6 Å². The van der Waals surface area contributed by atoms with Gasteiger partial charge < -0.3 is 9.30 Å². The second-order valence-corrected chi connectivity index (χ2v) is 7.39. The van der Waals surface area contributed by atoms with Crippen molar-refractivity contribution in [2.75, 3.05) is 7.11 Å². The van der Waals surface area contributed by atoms with Crippen molar-refractivity contribution in [3.63, 3.8) is 0 Å². The Kier molecular flexibility index (Phi) is 8.96. The van der Waals surface area contributed by atoms with Crippen LogP contribution in [0.3, 0.4) is 0 Å². The van der Waals surface area contributed by atoms with Crippen LogP contribution in [0.1, 0.15) is 18.2 Å². The Morgan fingerprint density at radius 3 is 2.40 bits per heavy atom. The molecule has 0 fully saturated rings. The van der Waals surface area contributed by atoms with E-state index >= 15 is 0 Å². The number of rotatable bonds is 7. The standard InChI is InChI=1S/C17H19BO.C8H11N3/c1-4-13-18(15-10-6-5-9-14(15)2)16-11-7-8-12-17(16)19-3;1-7(3-9)5-11-6-10-4-8(11)2/h4-12H,1,13H2,2-3H3;4,6-7H,5H2,1-2H3. The SMILES string of the molecule is C=CCB(c1ccccc1C)c1ccccc1OC.Cc1cncn1CC(C)C#N. The first-order valence-corrected chi connectivity index (χ1v) is 10.2. The number of aryl methyl sites for hydroxylation is 2. The maximum absolute atomic E-state index is 8.54. The number of methoxy groups -OCH3 is 1. The number of nitrogens with zero attached hydrogens (tertiary/aromatic N) is 3. The van der Waals surface area contributed by atoms with Crippen molar-refractivity contribution < 1.29 is 4.74 Å². The predicted molar refractivity (Wildman–Crippen MR) is 126 cm³/mol. The molecule has 3 aromatic rings. The van der Waals surface area contributed by atoms with Crippen LogP contribution in [0.25, 0.3) is 0 Å². The van der Waals surface area contributed by atoms with Gasteiger partial charge in [-0.1, -0.05) is 59.6 Å². The van der Waals surface area contributed by atoms with Crippen LogP contribution < -0.4 is 15.7 Å². The number of benzene rings is 2. The monoisotopic (exact) mass is 399 g/mol. The zero-order valence-corrected chi connectivity index (χ0v) is 18.4. The Morgan fingerprint density at radius 1 is 1.17 bits per heavy atom. The first kappa shape index (κ1) is 23.0. The molecule has 1 aromatic heterocycles. The Hall–Kier alpha value is -3.26. The summed E-state index contributed by atoms with van der Waals surface area (Å²) >= 11 is 0. The Balaban J connectivity index is 0.000000248. The minimum Gasteiger partial charge on any atom is -0.497 e. The van der Waals surface area contributed by atoms with E-state index in [2.05, 4.69) is 61.0 Å². The molecule has 0 saturated carbocycles. The van der Waals surface area contributed by atoms with Crippen molar-refractivity contribution in [3.8, 4) is 11.8 Å². The first-order chi connectivity index (χ1) is 14.5. The van der Waals surface area contributed by atoms with Gasteiger partial charge in [-0.2, -0.15) is 5.26 Å². The minimum atomic E-state index is 0.0582. The number of hydrogen-bond acceptors (Lipinski definition) is 3. The van der Waals surface area contributed by atoms with Gasteiger partial charge in [0.1, 0.15) is 5.75 Å². The highest BCUT2D eigenvalue weighted by Gasteiger charge is 2.22. The van der Waals surface area contributed by atoms with E-state index in [1.165, 1.54) is 16.5 Å². The minimum absolute atomic E-state index is 0.0582. The topological polar surface area (TPSA) is 50.8 Å². The number of nitriles is 1. The second kappa shape index (κ2) is 11.7. The summed E-state index contributed by atoms with van der Waals surface area (Å²) in [4.78, 5) is 3.96. The van der Waals surface area contributed by atoms with Gasteiger partial charge in [-0.05, 0) is 38.6 Å². The molecule has 1 atom stereocenters. The van der Waals surface area contributed by atoms with Gasteiger partial charge in [0, 0.05) is 18.4 Å². The quantitative estimate of drug-likeness (QED) is 0.443. The highest BCUT2D eigenvalue weighted by atomic mass is 16.5. The molecule has 0 saturated heterocycles. The van der Waals surface area contributed by atoms with E-state index in [0.717, 1.165) is 24.3 Å². The number of ether oxygens (including phenoxy) is 1. The average Bonchev–Trinajstić information content (AvgIpc) is 3.17. The van der Waals surface area contributed by atoms with E-state index < -0.39 is 0 Å². The molecule has 0 N–H and O–H groups in total. The van der Waals surface area contributed by atoms with Crippen molar-refractivity contribution in [3.05, 3.63) is 85.0 Å². The molecular formula is C25H30BN3O. The molecule has 0 aliphatic heterocycles. The van der Waals surface area contributed by atoms with Crippen molar-refractivity contribution in [1.29, 1.82) is 5.26 Å². The van der Waals surface area contributed by atoms with Gasteiger partial charge in [-0.3, -0.25) is 0 Å². The third-order valence-electron chi connectivity index (χ3n) is 5.09. The van der Waals surface area contributed by atoms with E-state index in [9.17, 15) is 0 Å². The molecule has 0 amide bonds. The van der Waals surface area contributed by atoms with Gasteiger partial charge in [-0.15, -0.1) is 6.58 Å². The molecule has 2 aromatic carbocycles. The summed E-state index contributed by atoms with van der Waals surface area (Å²) in [5.74, 6) is 1.00. The summed E-state index contributed by atoms with van der Waals surface area (Å²) < 4.78 is 7.48. The Morgan fingerprint density at radius 2 is 1.83 bits per heavy atom. The van der Waals surface area contributed by atoms with Gasteiger partial charge in [0.15, 0.2) is 0 Å². The average molecular weight is 399 g/mol. The third kappa shape index (κ3) is 6.12. The van der Waals surface area contributed by atoms with Crippen molar-refractivity contribution in [2.45, 2.75) is 33.6 Å². The van der Waals surface area contributed by atoms with Crippen LogP contribution in [0, 0.1) is 31.1 Å². The van der Waals surface area contributed by atoms with Gasteiger partial charge in [0.2, 0.25) is 6.71 Å². The number of allylic oxidation sites excluding steroid dienone is 1. The summed E-state index contributed by atoms with van der Waals surface area (Å²) in [7, 11) is 1.72. The molecule has 0 bridgehead atoms. The van der Waals surface area contributed by atoms with Gasteiger partial charge in [0.25, 0.3) is 0 Å². The molecule has 5 heteroatoms. The van der Waals surface area contributed by atoms with Crippen LogP contribution in [-0.4, -0.2) is 23.4 Å². The van der Waals surface area contributed by atoms with Crippen molar-refractivity contribution in [2.24, 2.45) is 5.92 Å². The number of para-hydroxylation sites is 1. The molecule has 0 radical (unpaired) electrons. The molecule has 1 heterocycles. The fraction of sp³-hybridized carbons (Fsp3) is 0.280. The molecule has 0 spiro atoms. The maximum atomic E-state index is 8.54. The molecule has 0 aliphatic carbocycles. The highest BCUT2D eigenvalue weighted by Crippen LogP contribution is 2.11. The van der Waals surface area contributed by atoms with Gasteiger partial charge in [-0.25, -0.2) is 4.98 Å². The zero-order chi connectivity index (χ0) is 21.9. The van der Waals surface area contributed by atoms with Gasteiger partial charge in [0.05, 0.1) is 25.4 Å². The number of imidazole rings is 1. The molecule has 0 aliphatic rings. The first-order valence-electron chi connectivity index (χ1n) is 10.2. The summed E-state index contributed by atoms with van der Waals surface area (Å²) in [5, 5.41) is 8.54. The van der Waals surface area contributed by atoms with Crippen LogP contribution in [0.2, 0.25) is 6.32 Å². The molecule has 3 rings (SSSR count). The molecular weight excluding hydrogens is 369 g/mol. The summed E-state index contributed by atoms with van der Waals surface area (Å²) in [6, 6.07) is 18.9. The molecule has 1 unspecified atom stereocenters. The molecule has 4 nitrogen and oxygen atoms in total. The second-order valence-electron chi connectivity index (χ2n) is 7.39. The van der Waals surface area contributed by atoms with Crippen molar-refractivity contribution >= 4 is 17.6 Å². The van der Waals surface area contributed by atoms with Crippen molar-refractivity contribution in [1.82, 2.24) is 9.55 Å². The van der Waals surface area contributed by atoms with E-state index in [1.807, 2.05) is 36.6 Å². The van der Waals surface area contributed by atoms with Crippen LogP contribution in [0.15, 0.2) is 73.7 Å². The zero-order valence-electron chi connectivity index (χ0n) is 18.4. The lowest BCUT2D eigenvalue weighted by atomic mass is 9.38. The summed E-state index contributed by atoms with van der Waals surface area (Å²) in [6.45, 7) is 11.0. The fourth-order valence-corrected chi connectivity index (χ4v) is 3.43. The van der Waals surface area contributed by atoms with Crippen LogP contribution in [-0.2, 0) is 6.54 Å². The van der Waals surface area contributed by atoms with Gasteiger partial charge >= 0.3 is 0 Å². The van der Waals surface area contributed by atoms with E-state index in [-0.39, 0.29) is 5.92 Å². The fourth-order valence-electron chi connectivity index (χ4n) is 3.43. The lowest BCUT2D eigenvalue weighted by molar-refractivity contribution is 0.418. The van der Waals surface area contributed by atoms with Crippen LogP contribution in [0.4, 0.5) is 0 Å². The smallest absolute Gasteiger partial charge is 0.218 e. The highest BCUT2D eigenvalue weighted by molar-refractivity contribution is 6.86. The lowest BCUT2D eigenvalue weighted by Gasteiger charge is -2.18.